The molecule has 1 N–H and O–H groups in total. The highest BCUT2D eigenvalue weighted by Crippen LogP contribution is 2.36. The summed E-state index contributed by atoms with van der Waals surface area (Å²) in [6, 6.07) is 11.9. The molecule has 5 heteroatoms. The predicted octanol–water partition coefficient (Wildman–Crippen LogP) is 6.33. The molecule has 21 heavy (non-hydrogen) atoms. The lowest BCUT2D eigenvalue weighted by atomic mass is 10.1. The zero-order valence-corrected chi connectivity index (χ0v) is 15.7. The minimum absolute atomic E-state index is 0.302. The summed E-state index contributed by atoms with van der Waals surface area (Å²) in [5, 5.41) is 3.96. The van der Waals surface area contributed by atoms with Crippen LogP contribution in [0, 0.1) is 0 Å². The molecule has 2 aromatic carbocycles. The molecule has 0 heterocycles. The van der Waals surface area contributed by atoms with E-state index in [1.165, 1.54) is 5.56 Å². The van der Waals surface area contributed by atoms with Crippen molar-refractivity contribution in [2.75, 3.05) is 6.54 Å². The van der Waals surface area contributed by atoms with Crippen LogP contribution in [-0.2, 0) is 0 Å². The Morgan fingerprint density at radius 2 is 1.86 bits per heavy atom. The molecule has 0 spiro atoms. The van der Waals surface area contributed by atoms with Gasteiger partial charge < -0.3 is 10.1 Å². The van der Waals surface area contributed by atoms with Gasteiger partial charge in [0.2, 0.25) is 0 Å². The molecule has 112 valence electrons. The number of hydrogen-bond donors (Lipinski definition) is 1. The van der Waals surface area contributed by atoms with Gasteiger partial charge in [0.25, 0.3) is 0 Å². The Morgan fingerprint density at radius 1 is 1.14 bits per heavy atom. The predicted molar refractivity (Wildman–Crippen MR) is 95.5 cm³/mol. The molecule has 1 unspecified atom stereocenters. The topological polar surface area (TPSA) is 21.3 Å². The molecule has 1 atom stereocenters. The summed E-state index contributed by atoms with van der Waals surface area (Å²) < 4.78 is 7.70. The van der Waals surface area contributed by atoms with E-state index in [4.69, 9.17) is 16.3 Å². The fourth-order valence-electron chi connectivity index (χ4n) is 1.97. The van der Waals surface area contributed by atoms with E-state index in [0.717, 1.165) is 21.2 Å². The van der Waals surface area contributed by atoms with E-state index in [2.05, 4.69) is 63.2 Å². The van der Waals surface area contributed by atoms with E-state index in [1.807, 2.05) is 24.3 Å². The third kappa shape index (κ3) is 4.46. The summed E-state index contributed by atoms with van der Waals surface area (Å²) >= 11 is 13.1. The third-order valence-corrected chi connectivity index (χ3v) is 4.49. The maximum Gasteiger partial charge on any atom is 0.146 e. The van der Waals surface area contributed by atoms with Crippen molar-refractivity contribution >= 4 is 43.5 Å². The first-order valence-corrected chi connectivity index (χ1v) is 8.63. The van der Waals surface area contributed by atoms with E-state index in [9.17, 15) is 0 Å². The molecule has 0 aromatic heterocycles. The molecule has 0 saturated heterocycles. The molecule has 2 aromatic rings. The van der Waals surface area contributed by atoms with Gasteiger partial charge in [-0.15, -0.1) is 0 Å². The first kappa shape index (κ1) is 16.8. The van der Waals surface area contributed by atoms with Crippen molar-refractivity contribution < 1.29 is 4.74 Å². The van der Waals surface area contributed by atoms with Crippen molar-refractivity contribution in [3.63, 3.8) is 0 Å². The molecular formula is C16H16Br2ClNO. The van der Waals surface area contributed by atoms with Gasteiger partial charge in [-0.1, -0.05) is 40.5 Å². The van der Waals surface area contributed by atoms with E-state index >= 15 is 0 Å². The van der Waals surface area contributed by atoms with Crippen LogP contribution in [0.15, 0.2) is 45.3 Å². The molecular weight excluding hydrogens is 417 g/mol. The standard InChI is InChI=1S/C16H16Br2ClNO/c1-3-20-10(2)11-4-6-15(13(18)8-11)21-16-7-5-12(17)9-14(16)19/h4-10,20H,3H2,1-2H3. The van der Waals surface area contributed by atoms with Crippen molar-refractivity contribution in [2.45, 2.75) is 19.9 Å². The molecule has 2 rings (SSSR count). The van der Waals surface area contributed by atoms with Crippen molar-refractivity contribution in [1.29, 1.82) is 0 Å². The molecule has 2 nitrogen and oxygen atoms in total. The summed E-state index contributed by atoms with van der Waals surface area (Å²) in [7, 11) is 0. The summed E-state index contributed by atoms with van der Waals surface area (Å²) in [6.07, 6.45) is 0. The minimum atomic E-state index is 0.302. The first-order chi connectivity index (χ1) is 10.0. The molecule has 0 fully saturated rings. The maximum atomic E-state index is 6.17. The van der Waals surface area contributed by atoms with E-state index in [1.54, 1.807) is 0 Å². The van der Waals surface area contributed by atoms with Gasteiger partial charge in [0.1, 0.15) is 11.5 Å². The zero-order chi connectivity index (χ0) is 15.4. The van der Waals surface area contributed by atoms with Crippen molar-refractivity contribution in [3.05, 3.63) is 55.9 Å². The lowest BCUT2D eigenvalue weighted by molar-refractivity contribution is 0.479. The van der Waals surface area contributed by atoms with Gasteiger partial charge in [-0.3, -0.25) is 0 Å². The van der Waals surface area contributed by atoms with Gasteiger partial charge in [-0.25, -0.2) is 0 Å². The summed E-state index contributed by atoms with van der Waals surface area (Å²) in [6.45, 7) is 5.17. The molecule has 0 aliphatic carbocycles. The average Bonchev–Trinajstić information content (AvgIpc) is 2.44. The third-order valence-electron chi connectivity index (χ3n) is 3.08. The largest absolute Gasteiger partial charge is 0.455 e. The van der Waals surface area contributed by atoms with Gasteiger partial charge in [0, 0.05) is 10.5 Å². The van der Waals surface area contributed by atoms with Gasteiger partial charge in [0.15, 0.2) is 0 Å². The fourth-order valence-corrected chi connectivity index (χ4v) is 3.16. The van der Waals surface area contributed by atoms with Crippen LogP contribution < -0.4 is 10.1 Å². The van der Waals surface area contributed by atoms with Crippen LogP contribution in [0.5, 0.6) is 11.5 Å². The Kier molecular flexibility index (Phi) is 6.11. The number of rotatable bonds is 5. The van der Waals surface area contributed by atoms with Crippen molar-refractivity contribution in [2.24, 2.45) is 0 Å². The lowest BCUT2D eigenvalue weighted by Gasteiger charge is -2.15. The molecule has 0 aliphatic rings. The second-order valence-electron chi connectivity index (χ2n) is 4.65. The smallest absolute Gasteiger partial charge is 0.146 e. The van der Waals surface area contributed by atoms with Gasteiger partial charge in [0.05, 0.1) is 9.50 Å². The van der Waals surface area contributed by atoms with Crippen LogP contribution >= 0.6 is 43.5 Å². The summed E-state index contributed by atoms with van der Waals surface area (Å²) in [4.78, 5) is 0. The number of ether oxygens (including phenoxy) is 1. The van der Waals surface area contributed by atoms with Crippen molar-refractivity contribution in [3.8, 4) is 11.5 Å². The van der Waals surface area contributed by atoms with Crippen LogP contribution in [0.1, 0.15) is 25.5 Å². The number of hydrogen-bond acceptors (Lipinski definition) is 2. The second kappa shape index (κ2) is 7.63. The van der Waals surface area contributed by atoms with Crippen LogP contribution in [0.2, 0.25) is 5.02 Å². The minimum Gasteiger partial charge on any atom is -0.455 e. The summed E-state index contributed by atoms with van der Waals surface area (Å²) in [5.74, 6) is 1.37. The van der Waals surface area contributed by atoms with Crippen LogP contribution in [0.25, 0.3) is 0 Å². The lowest BCUT2D eigenvalue weighted by Crippen LogP contribution is -2.17. The van der Waals surface area contributed by atoms with Crippen molar-refractivity contribution in [1.82, 2.24) is 5.32 Å². The van der Waals surface area contributed by atoms with Crippen LogP contribution in [0.4, 0.5) is 0 Å². The van der Waals surface area contributed by atoms with E-state index in [0.29, 0.717) is 16.8 Å². The molecule has 0 radical (unpaired) electrons. The maximum absolute atomic E-state index is 6.17. The zero-order valence-electron chi connectivity index (χ0n) is 11.8. The highest BCUT2D eigenvalue weighted by atomic mass is 79.9. The number of halogens is 3. The highest BCUT2D eigenvalue weighted by molar-refractivity contribution is 9.10. The van der Waals surface area contributed by atoms with Crippen LogP contribution in [0.3, 0.4) is 0 Å². The second-order valence-corrected chi connectivity index (χ2v) is 6.82. The van der Waals surface area contributed by atoms with E-state index < -0.39 is 0 Å². The van der Waals surface area contributed by atoms with Gasteiger partial charge >= 0.3 is 0 Å². The molecule has 0 saturated carbocycles. The molecule has 0 aliphatic heterocycles. The van der Waals surface area contributed by atoms with Crippen LogP contribution in [-0.4, -0.2) is 6.54 Å². The Labute approximate surface area is 147 Å². The monoisotopic (exact) mass is 431 g/mol. The Hall–Kier alpha value is -0.550. The average molecular weight is 434 g/mol. The van der Waals surface area contributed by atoms with Gasteiger partial charge in [-0.05, 0) is 65.3 Å². The number of nitrogens with one attached hydrogen (secondary N) is 1. The highest BCUT2D eigenvalue weighted by Gasteiger charge is 2.10. The number of benzene rings is 2. The normalized spacial score (nSPS) is 12.2. The Balaban J connectivity index is 2.21. The SMILES string of the molecule is CCNC(C)c1ccc(Oc2ccc(Br)cc2Cl)c(Br)c1. The Bertz CT molecular complexity index is 634. The summed E-state index contributed by atoms with van der Waals surface area (Å²) in [5.41, 5.74) is 1.21. The Morgan fingerprint density at radius 3 is 2.48 bits per heavy atom. The fraction of sp³-hybridized carbons (Fsp3) is 0.250. The molecule has 0 amide bonds. The first-order valence-electron chi connectivity index (χ1n) is 6.67. The quantitative estimate of drug-likeness (QED) is 0.595. The van der Waals surface area contributed by atoms with Gasteiger partial charge in [-0.2, -0.15) is 0 Å². The molecule has 0 bridgehead atoms. The van der Waals surface area contributed by atoms with E-state index in [-0.39, 0.29) is 0 Å².